The Labute approximate surface area is 120 Å². The first-order chi connectivity index (χ1) is 9.72. The average Bonchev–Trinajstić information content (AvgIpc) is 2.98. The Hall–Kier alpha value is -1.62. The van der Waals surface area contributed by atoms with E-state index < -0.39 is 0 Å². The highest BCUT2D eigenvalue weighted by atomic mass is 15.3. The van der Waals surface area contributed by atoms with E-state index >= 15 is 0 Å². The maximum absolute atomic E-state index is 4.40. The van der Waals surface area contributed by atoms with Crippen LogP contribution in [0.1, 0.15) is 38.2 Å². The average molecular weight is 273 g/mol. The Bertz CT molecular complexity index is 550. The van der Waals surface area contributed by atoms with E-state index in [1.165, 1.54) is 18.5 Å². The van der Waals surface area contributed by atoms with Crippen LogP contribution in [0, 0.1) is 5.92 Å². The molecular formula is C15H23N5. The molecule has 5 nitrogen and oxygen atoms in total. The van der Waals surface area contributed by atoms with Crippen molar-refractivity contribution >= 4 is 0 Å². The third-order valence-electron chi connectivity index (χ3n) is 3.62. The fraction of sp³-hybridized carbons (Fsp3) is 0.600. The van der Waals surface area contributed by atoms with Crippen molar-refractivity contribution in [2.24, 2.45) is 5.92 Å². The lowest BCUT2D eigenvalue weighted by Gasteiger charge is -2.12. The van der Waals surface area contributed by atoms with Gasteiger partial charge in [0.1, 0.15) is 12.2 Å². The van der Waals surface area contributed by atoms with Gasteiger partial charge in [-0.25, -0.2) is 9.67 Å². The first-order valence-electron chi connectivity index (χ1n) is 7.46. The molecule has 0 spiro atoms. The van der Waals surface area contributed by atoms with Crippen molar-refractivity contribution in [3.8, 4) is 0 Å². The van der Waals surface area contributed by atoms with Gasteiger partial charge >= 0.3 is 0 Å². The van der Waals surface area contributed by atoms with E-state index in [2.05, 4.69) is 52.1 Å². The number of aromatic nitrogens is 4. The highest BCUT2D eigenvalue weighted by molar-refractivity contribution is 5.09. The topological polar surface area (TPSA) is 47.7 Å². The molecule has 1 aliphatic rings. The summed E-state index contributed by atoms with van der Waals surface area (Å²) >= 11 is 0. The highest BCUT2D eigenvalue weighted by Gasteiger charge is 2.20. The second-order valence-electron chi connectivity index (χ2n) is 6.03. The molecule has 2 aromatic rings. The van der Waals surface area contributed by atoms with Gasteiger partial charge in [-0.2, -0.15) is 5.10 Å². The molecule has 0 amide bonds. The molecule has 108 valence electrons. The van der Waals surface area contributed by atoms with Crippen molar-refractivity contribution in [1.82, 2.24) is 24.6 Å². The van der Waals surface area contributed by atoms with Gasteiger partial charge in [0.15, 0.2) is 0 Å². The summed E-state index contributed by atoms with van der Waals surface area (Å²) in [5.41, 5.74) is 1.32. The molecule has 0 radical (unpaired) electrons. The van der Waals surface area contributed by atoms with Crippen LogP contribution in [0.25, 0.3) is 0 Å². The largest absolute Gasteiger partial charge is 0.343 e. The van der Waals surface area contributed by atoms with E-state index in [9.17, 15) is 0 Å². The molecule has 5 heteroatoms. The summed E-state index contributed by atoms with van der Waals surface area (Å²) < 4.78 is 4.28. The molecule has 1 aliphatic carbocycles. The fourth-order valence-electron chi connectivity index (χ4n) is 2.36. The summed E-state index contributed by atoms with van der Waals surface area (Å²) in [6.07, 6.45) is 6.43. The number of nitrogens with one attached hydrogen (secondary N) is 1. The van der Waals surface area contributed by atoms with Crippen LogP contribution in [0.4, 0.5) is 0 Å². The zero-order chi connectivity index (χ0) is 13.9. The van der Waals surface area contributed by atoms with Gasteiger partial charge in [0.2, 0.25) is 0 Å². The Morgan fingerprint density at radius 2 is 2.25 bits per heavy atom. The number of hydrogen-bond donors (Lipinski definition) is 1. The van der Waals surface area contributed by atoms with E-state index in [1.54, 1.807) is 6.33 Å². The summed E-state index contributed by atoms with van der Waals surface area (Å²) in [5, 5.41) is 7.89. The third-order valence-corrected chi connectivity index (χ3v) is 3.62. The summed E-state index contributed by atoms with van der Waals surface area (Å²) in [5.74, 6) is 1.61. The lowest BCUT2D eigenvalue weighted by molar-refractivity contribution is 0.459. The zero-order valence-corrected chi connectivity index (χ0v) is 12.3. The highest BCUT2D eigenvalue weighted by Crippen LogP contribution is 2.19. The van der Waals surface area contributed by atoms with Gasteiger partial charge in [-0.05, 0) is 30.9 Å². The summed E-state index contributed by atoms with van der Waals surface area (Å²) in [4.78, 5) is 4.40. The second kappa shape index (κ2) is 5.79. The van der Waals surface area contributed by atoms with Crippen molar-refractivity contribution in [3.05, 3.63) is 36.2 Å². The normalized spacial score (nSPS) is 15.2. The van der Waals surface area contributed by atoms with Crippen molar-refractivity contribution in [2.45, 2.75) is 52.4 Å². The zero-order valence-electron chi connectivity index (χ0n) is 12.3. The van der Waals surface area contributed by atoms with E-state index in [-0.39, 0.29) is 0 Å². The third kappa shape index (κ3) is 3.28. The molecule has 1 saturated carbocycles. The van der Waals surface area contributed by atoms with E-state index in [0.717, 1.165) is 31.5 Å². The molecule has 0 aromatic carbocycles. The molecule has 3 rings (SSSR count). The van der Waals surface area contributed by atoms with Crippen molar-refractivity contribution in [2.75, 3.05) is 0 Å². The molecule has 1 fully saturated rings. The lowest BCUT2D eigenvalue weighted by atomic mass is 10.2. The molecule has 2 aromatic heterocycles. The number of nitrogens with zero attached hydrogens (tertiary/aromatic N) is 4. The summed E-state index contributed by atoms with van der Waals surface area (Å²) in [6, 6.07) is 5.02. The molecule has 0 unspecified atom stereocenters. The van der Waals surface area contributed by atoms with Gasteiger partial charge < -0.3 is 9.88 Å². The standard InChI is InChI=1S/C15H23N5/c1-12(2)9-20-15(17-11-18-20)10-19-7-3-4-14(19)8-16-13-5-6-13/h3-4,7,11-13,16H,5-6,8-10H2,1-2H3. The number of rotatable bonds is 7. The van der Waals surface area contributed by atoms with Gasteiger partial charge in [0.25, 0.3) is 0 Å². The predicted octanol–water partition coefficient (Wildman–Crippen LogP) is 2.04. The van der Waals surface area contributed by atoms with Crippen molar-refractivity contribution < 1.29 is 0 Å². The van der Waals surface area contributed by atoms with Crippen LogP contribution in [0.2, 0.25) is 0 Å². The second-order valence-corrected chi connectivity index (χ2v) is 6.03. The quantitative estimate of drug-likeness (QED) is 0.839. The van der Waals surface area contributed by atoms with Crippen LogP contribution in [-0.4, -0.2) is 25.4 Å². The van der Waals surface area contributed by atoms with Gasteiger partial charge in [0.05, 0.1) is 6.54 Å². The Kier molecular flexibility index (Phi) is 3.87. The molecule has 2 heterocycles. The first-order valence-corrected chi connectivity index (χ1v) is 7.46. The lowest BCUT2D eigenvalue weighted by Crippen LogP contribution is -2.19. The predicted molar refractivity (Wildman–Crippen MR) is 78.3 cm³/mol. The molecule has 1 N–H and O–H groups in total. The maximum Gasteiger partial charge on any atom is 0.146 e. The van der Waals surface area contributed by atoms with Gasteiger partial charge in [-0.3, -0.25) is 0 Å². The minimum Gasteiger partial charge on any atom is -0.343 e. The molecule has 0 atom stereocenters. The van der Waals surface area contributed by atoms with E-state index in [0.29, 0.717) is 5.92 Å². The van der Waals surface area contributed by atoms with Gasteiger partial charge in [-0.1, -0.05) is 13.8 Å². The minimum atomic E-state index is 0.580. The monoisotopic (exact) mass is 273 g/mol. The van der Waals surface area contributed by atoms with Crippen molar-refractivity contribution in [1.29, 1.82) is 0 Å². The van der Waals surface area contributed by atoms with Crippen molar-refractivity contribution in [3.63, 3.8) is 0 Å². The van der Waals surface area contributed by atoms with Crippen LogP contribution in [0.3, 0.4) is 0 Å². The Balaban J connectivity index is 1.67. The van der Waals surface area contributed by atoms with Crippen LogP contribution in [-0.2, 0) is 19.6 Å². The fourth-order valence-corrected chi connectivity index (χ4v) is 2.36. The number of hydrogen-bond acceptors (Lipinski definition) is 3. The van der Waals surface area contributed by atoms with Crippen LogP contribution >= 0.6 is 0 Å². The van der Waals surface area contributed by atoms with E-state index in [4.69, 9.17) is 0 Å². The minimum absolute atomic E-state index is 0.580. The smallest absolute Gasteiger partial charge is 0.146 e. The van der Waals surface area contributed by atoms with Crippen LogP contribution in [0.15, 0.2) is 24.7 Å². The molecule has 0 bridgehead atoms. The van der Waals surface area contributed by atoms with Crippen LogP contribution in [0.5, 0.6) is 0 Å². The van der Waals surface area contributed by atoms with Gasteiger partial charge in [0, 0.05) is 31.0 Å². The summed E-state index contributed by atoms with van der Waals surface area (Å²) in [7, 11) is 0. The van der Waals surface area contributed by atoms with E-state index in [1.807, 2.05) is 4.68 Å². The SMILES string of the molecule is CC(C)Cn1ncnc1Cn1cccc1CNC1CC1. The Morgan fingerprint density at radius 1 is 1.40 bits per heavy atom. The first kappa shape index (κ1) is 13.4. The van der Waals surface area contributed by atoms with Crippen LogP contribution < -0.4 is 5.32 Å². The Morgan fingerprint density at radius 3 is 3.00 bits per heavy atom. The molecule has 0 saturated heterocycles. The molecule has 0 aliphatic heterocycles. The molecular weight excluding hydrogens is 250 g/mol. The molecule has 20 heavy (non-hydrogen) atoms. The maximum atomic E-state index is 4.40. The summed E-state index contributed by atoms with van der Waals surface area (Å²) in [6.45, 7) is 7.06. The van der Waals surface area contributed by atoms with Gasteiger partial charge in [-0.15, -0.1) is 0 Å².